The van der Waals surface area contributed by atoms with Crippen LogP contribution < -0.4 is 4.89 Å². The first-order chi connectivity index (χ1) is 5.13. The van der Waals surface area contributed by atoms with Crippen molar-refractivity contribution in [2.45, 2.75) is 25.9 Å². The third kappa shape index (κ3) is 3.44. The van der Waals surface area contributed by atoms with Crippen molar-refractivity contribution in [2.24, 2.45) is 0 Å². The minimum absolute atomic E-state index is 0.221. The molecular formula is C6H11O4P. The number of hydrogen-bond acceptors (Lipinski definition) is 4. The zero-order valence-corrected chi connectivity index (χ0v) is 7.47. The molecule has 2 unspecified atom stereocenters. The Kier molecular flexibility index (Phi) is 4.99. The Balaban J connectivity index is 4.03. The molecule has 0 aromatic heterocycles. The fourth-order valence-corrected chi connectivity index (χ4v) is 1.19. The maximum atomic E-state index is 10.8. The van der Waals surface area contributed by atoms with Gasteiger partial charge in [0.25, 0.3) is 0 Å². The van der Waals surface area contributed by atoms with Gasteiger partial charge in [-0.2, -0.15) is 0 Å². The number of hydrogen-bond donors (Lipinski definition) is 0. The van der Waals surface area contributed by atoms with Gasteiger partial charge in [0.2, 0.25) is 5.66 Å². The van der Waals surface area contributed by atoms with Gasteiger partial charge in [0, 0.05) is 6.42 Å². The molecular weight excluding hydrogens is 167 g/mol. The summed E-state index contributed by atoms with van der Waals surface area (Å²) in [5.41, 5.74) is -0.968. The van der Waals surface area contributed by atoms with Crippen LogP contribution in [0.1, 0.15) is 20.3 Å². The molecule has 11 heavy (non-hydrogen) atoms. The molecule has 0 fully saturated rings. The molecule has 64 valence electrons. The second-order valence-corrected chi connectivity index (χ2v) is 3.16. The van der Waals surface area contributed by atoms with Crippen LogP contribution in [0.2, 0.25) is 0 Å². The van der Waals surface area contributed by atoms with Crippen LogP contribution in [0.5, 0.6) is 0 Å². The molecule has 0 rings (SSSR count). The first kappa shape index (κ1) is 10.5. The summed E-state index contributed by atoms with van der Waals surface area (Å²) >= 11 is 0. The summed E-state index contributed by atoms with van der Waals surface area (Å²) in [5.74, 6) is -0.647. The van der Waals surface area contributed by atoms with E-state index in [1.54, 1.807) is 13.8 Å². The topological polar surface area (TPSA) is 66.4 Å². The number of carbonyl (C=O) groups excluding carboxylic acids is 1. The molecule has 0 aromatic carbocycles. The minimum atomic E-state index is -2.69. The van der Waals surface area contributed by atoms with Crippen LogP contribution in [0.25, 0.3) is 0 Å². The van der Waals surface area contributed by atoms with Crippen LogP contribution in [0.4, 0.5) is 0 Å². The molecule has 0 N–H and O–H groups in total. The molecule has 0 saturated carbocycles. The van der Waals surface area contributed by atoms with Crippen molar-refractivity contribution >= 4 is 14.0 Å². The smallest absolute Gasteiger partial charge is 0.357 e. The van der Waals surface area contributed by atoms with Crippen LogP contribution in [-0.4, -0.2) is 18.2 Å². The number of carbonyl (C=O) groups is 1. The zero-order chi connectivity index (χ0) is 8.85. The molecule has 0 aromatic rings. The lowest BCUT2D eigenvalue weighted by Crippen LogP contribution is -2.22. The molecule has 0 radical (unpaired) electrons. The summed E-state index contributed by atoms with van der Waals surface area (Å²) in [4.78, 5) is 21.2. The van der Waals surface area contributed by atoms with Gasteiger partial charge in [-0.15, -0.1) is 0 Å². The van der Waals surface area contributed by atoms with E-state index >= 15 is 0 Å². The van der Waals surface area contributed by atoms with E-state index in [0.717, 1.165) is 0 Å². The van der Waals surface area contributed by atoms with Crippen LogP contribution in [0, 0.1) is 0 Å². The van der Waals surface area contributed by atoms with Crippen molar-refractivity contribution in [2.75, 3.05) is 6.61 Å². The molecule has 0 amide bonds. The molecule has 0 aliphatic heterocycles. The van der Waals surface area contributed by atoms with E-state index in [4.69, 9.17) is 0 Å². The fraction of sp³-hybridized carbons (Fsp3) is 0.833. The highest BCUT2D eigenvalue weighted by molar-refractivity contribution is 7.38. The largest absolute Gasteiger partial charge is 0.595 e. The zero-order valence-electron chi connectivity index (χ0n) is 6.57. The minimum Gasteiger partial charge on any atom is -0.595 e. The van der Waals surface area contributed by atoms with Gasteiger partial charge in [0.15, 0.2) is 0 Å². The summed E-state index contributed by atoms with van der Waals surface area (Å²) in [6, 6.07) is 0. The predicted molar refractivity (Wildman–Crippen MR) is 38.3 cm³/mol. The Labute approximate surface area is 66.4 Å². The summed E-state index contributed by atoms with van der Waals surface area (Å²) < 4.78 is 14.9. The van der Waals surface area contributed by atoms with E-state index in [-0.39, 0.29) is 13.0 Å². The molecule has 0 bridgehead atoms. The molecule has 0 aliphatic rings. The average molecular weight is 178 g/mol. The quantitative estimate of drug-likeness (QED) is 0.462. The monoisotopic (exact) mass is 178 g/mol. The highest BCUT2D eigenvalue weighted by Crippen LogP contribution is 2.21. The summed E-state index contributed by atoms with van der Waals surface area (Å²) in [6.07, 6.45) is 0.275. The summed E-state index contributed by atoms with van der Waals surface area (Å²) in [7, 11) is -2.69. The van der Waals surface area contributed by atoms with Crippen molar-refractivity contribution in [1.82, 2.24) is 0 Å². The first-order valence-electron chi connectivity index (χ1n) is 3.43. The second kappa shape index (κ2) is 5.22. The lowest BCUT2D eigenvalue weighted by molar-refractivity contribution is -0.169. The van der Waals surface area contributed by atoms with E-state index in [0.29, 0.717) is 0 Å². The van der Waals surface area contributed by atoms with Crippen molar-refractivity contribution in [3.05, 3.63) is 0 Å². The van der Waals surface area contributed by atoms with Gasteiger partial charge in [-0.25, -0.2) is 4.79 Å². The third-order valence-electron chi connectivity index (χ3n) is 1.20. The molecule has 2 atom stereocenters. The average Bonchev–Trinajstić information content (AvgIpc) is 1.88. The Morgan fingerprint density at radius 1 is 1.64 bits per heavy atom. The number of ether oxygens (including phenoxy) is 1. The number of esters is 1. The van der Waals surface area contributed by atoms with Crippen molar-refractivity contribution < 1.29 is 19.0 Å². The molecule has 0 spiro atoms. The van der Waals surface area contributed by atoms with E-state index in [9.17, 15) is 14.3 Å². The first-order valence-corrected chi connectivity index (χ1v) is 4.68. The third-order valence-corrected chi connectivity index (χ3v) is 2.28. The Morgan fingerprint density at radius 2 is 2.18 bits per heavy atom. The van der Waals surface area contributed by atoms with E-state index in [2.05, 4.69) is 4.74 Å². The van der Waals surface area contributed by atoms with Crippen LogP contribution in [-0.2, 0) is 14.1 Å². The Hall–Kier alpha value is -0.470. The molecule has 0 heterocycles. The lowest BCUT2D eigenvalue weighted by atomic mass is 10.3. The summed E-state index contributed by atoms with van der Waals surface area (Å²) in [6.45, 7) is 3.49. The van der Waals surface area contributed by atoms with Gasteiger partial charge in [0.1, 0.15) is 0 Å². The van der Waals surface area contributed by atoms with Crippen molar-refractivity contribution in [1.29, 1.82) is 0 Å². The van der Waals surface area contributed by atoms with E-state index in [1.807, 2.05) is 0 Å². The van der Waals surface area contributed by atoms with Gasteiger partial charge in [-0.3, -0.25) is 0 Å². The van der Waals surface area contributed by atoms with Crippen LogP contribution in [0.3, 0.4) is 0 Å². The lowest BCUT2D eigenvalue weighted by Gasteiger charge is -2.04. The maximum Gasteiger partial charge on any atom is 0.357 e. The standard InChI is InChI=1S/C6H11O4P/c1-3-5(11(8)9)6(7)10-4-2/h5H,3-4H2,1-2H3. The highest BCUT2D eigenvalue weighted by atomic mass is 31.1. The molecule has 0 aliphatic carbocycles. The van der Waals surface area contributed by atoms with Crippen molar-refractivity contribution in [3.8, 4) is 0 Å². The Morgan fingerprint density at radius 3 is 2.45 bits per heavy atom. The molecule has 0 saturated heterocycles. The van der Waals surface area contributed by atoms with Gasteiger partial charge in [-0.05, 0) is 6.92 Å². The molecule has 4 nitrogen and oxygen atoms in total. The van der Waals surface area contributed by atoms with E-state index < -0.39 is 19.7 Å². The summed E-state index contributed by atoms with van der Waals surface area (Å²) in [5, 5.41) is 0. The Bertz CT molecular complexity index is 157. The highest BCUT2D eigenvalue weighted by Gasteiger charge is 2.29. The second-order valence-electron chi connectivity index (χ2n) is 1.96. The molecule has 5 heteroatoms. The van der Waals surface area contributed by atoms with E-state index in [1.165, 1.54) is 0 Å². The van der Waals surface area contributed by atoms with Gasteiger partial charge < -0.3 is 9.63 Å². The van der Waals surface area contributed by atoms with Gasteiger partial charge >= 0.3 is 14.0 Å². The van der Waals surface area contributed by atoms with Crippen LogP contribution in [0.15, 0.2) is 0 Å². The fourth-order valence-electron chi connectivity index (χ4n) is 0.640. The van der Waals surface area contributed by atoms with Gasteiger partial charge in [-0.1, -0.05) is 11.5 Å². The van der Waals surface area contributed by atoms with Gasteiger partial charge in [0.05, 0.1) is 6.61 Å². The SMILES string of the molecule is CCOC(=O)C(CC)[P+](=O)[O-]. The van der Waals surface area contributed by atoms with Crippen LogP contribution >= 0.6 is 8.03 Å². The van der Waals surface area contributed by atoms with Crippen molar-refractivity contribution in [3.63, 3.8) is 0 Å². The maximum absolute atomic E-state index is 10.8. The number of rotatable bonds is 4. The normalized spacial score (nSPS) is 13.9. The predicted octanol–water partition coefficient (Wildman–Crippen LogP) is 0.431.